The molecule has 2 aromatic carbocycles. The number of amides is 1. The molecule has 2 saturated heterocycles. The first-order chi connectivity index (χ1) is 13.7. The van der Waals surface area contributed by atoms with E-state index < -0.39 is 0 Å². The van der Waals surface area contributed by atoms with Gasteiger partial charge >= 0.3 is 0 Å². The highest BCUT2D eigenvalue weighted by molar-refractivity contribution is 5.94. The second-order valence-corrected chi connectivity index (χ2v) is 8.04. The summed E-state index contributed by atoms with van der Waals surface area (Å²) in [5.41, 5.74) is 3.17. The molecule has 0 N–H and O–H groups in total. The van der Waals surface area contributed by atoms with Crippen LogP contribution in [0.3, 0.4) is 0 Å². The molecule has 1 atom stereocenters. The molecule has 2 heterocycles. The van der Waals surface area contributed by atoms with Crippen LogP contribution in [0.1, 0.15) is 47.2 Å². The van der Waals surface area contributed by atoms with Gasteiger partial charge in [-0.15, -0.1) is 0 Å². The topological polar surface area (TPSA) is 32.8 Å². The highest BCUT2D eigenvalue weighted by Gasteiger charge is 2.31. The number of benzene rings is 2. The maximum Gasteiger partial charge on any atom is 0.254 e. The van der Waals surface area contributed by atoms with E-state index in [1.807, 2.05) is 36.4 Å². The Balaban J connectivity index is 1.36. The number of carbonyl (C=O) groups excluding carboxylic acids is 1. The minimum Gasteiger partial charge on any atom is -0.489 e. The number of hydrogen-bond acceptors (Lipinski definition) is 3. The van der Waals surface area contributed by atoms with Crippen LogP contribution in [-0.2, 0) is 6.61 Å². The van der Waals surface area contributed by atoms with Crippen molar-refractivity contribution in [2.24, 2.45) is 0 Å². The number of nitrogens with zero attached hydrogens (tertiary/aromatic N) is 2. The van der Waals surface area contributed by atoms with Crippen molar-refractivity contribution >= 4 is 5.91 Å². The molecule has 4 nitrogen and oxygen atoms in total. The molecule has 1 amide bonds. The van der Waals surface area contributed by atoms with Crippen LogP contribution in [0.2, 0.25) is 0 Å². The second-order valence-electron chi connectivity index (χ2n) is 8.04. The zero-order valence-electron chi connectivity index (χ0n) is 16.8. The second kappa shape index (κ2) is 8.78. The summed E-state index contributed by atoms with van der Waals surface area (Å²) in [5, 5.41) is 0. The Kier molecular flexibility index (Phi) is 5.96. The Bertz CT molecular complexity index is 797. The van der Waals surface area contributed by atoms with Crippen molar-refractivity contribution in [2.75, 3.05) is 26.2 Å². The van der Waals surface area contributed by atoms with Gasteiger partial charge < -0.3 is 14.5 Å². The third kappa shape index (κ3) is 4.39. The first-order valence-corrected chi connectivity index (χ1v) is 10.5. The Labute approximate surface area is 168 Å². The molecular formula is C24H30N2O2. The fraction of sp³-hybridized carbons (Fsp3) is 0.458. The van der Waals surface area contributed by atoms with Crippen molar-refractivity contribution in [1.82, 2.24) is 9.80 Å². The minimum absolute atomic E-state index is 0.159. The van der Waals surface area contributed by atoms with Crippen LogP contribution in [0.15, 0.2) is 48.5 Å². The summed E-state index contributed by atoms with van der Waals surface area (Å²) < 4.78 is 5.91. The zero-order valence-corrected chi connectivity index (χ0v) is 16.8. The Hall–Kier alpha value is -2.33. The van der Waals surface area contributed by atoms with Crippen molar-refractivity contribution in [3.05, 3.63) is 65.2 Å². The van der Waals surface area contributed by atoms with Crippen LogP contribution in [0.25, 0.3) is 0 Å². The van der Waals surface area contributed by atoms with Crippen molar-refractivity contribution < 1.29 is 9.53 Å². The summed E-state index contributed by atoms with van der Waals surface area (Å²) in [7, 11) is 0. The first kappa shape index (κ1) is 19.0. The lowest BCUT2D eigenvalue weighted by Gasteiger charge is -2.28. The third-order valence-electron chi connectivity index (χ3n) is 6.06. The largest absolute Gasteiger partial charge is 0.489 e. The predicted molar refractivity (Wildman–Crippen MR) is 112 cm³/mol. The monoisotopic (exact) mass is 378 g/mol. The number of carbonyl (C=O) groups is 1. The molecule has 2 fully saturated rings. The van der Waals surface area contributed by atoms with E-state index in [9.17, 15) is 4.79 Å². The molecule has 2 aromatic rings. The van der Waals surface area contributed by atoms with E-state index in [1.165, 1.54) is 37.1 Å². The van der Waals surface area contributed by atoms with Gasteiger partial charge in [-0.05, 0) is 81.1 Å². The van der Waals surface area contributed by atoms with Crippen molar-refractivity contribution in [2.45, 2.75) is 45.3 Å². The lowest BCUT2D eigenvalue weighted by atomic mass is 10.1. The van der Waals surface area contributed by atoms with E-state index in [0.717, 1.165) is 37.2 Å². The van der Waals surface area contributed by atoms with Gasteiger partial charge in [-0.25, -0.2) is 0 Å². The fourth-order valence-electron chi connectivity index (χ4n) is 4.35. The van der Waals surface area contributed by atoms with Gasteiger partial charge in [0.2, 0.25) is 0 Å². The minimum atomic E-state index is 0.159. The molecule has 0 aliphatic carbocycles. The molecule has 0 spiro atoms. The fourth-order valence-corrected chi connectivity index (χ4v) is 4.35. The average molecular weight is 379 g/mol. The van der Waals surface area contributed by atoms with E-state index in [2.05, 4.69) is 28.9 Å². The van der Waals surface area contributed by atoms with E-state index in [4.69, 9.17) is 4.74 Å². The number of ether oxygens (including phenoxy) is 1. The lowest BCUT2D eigenvalue weighted by molar-refractivity contribution is 0.0708. The highest BCUT2D eigenvalue weighted by Crippen LogP contribution is 2.24. The van der Waals surface area contributed by atoms with Crippen LogP contribution >= 0.6 is 0 Å². The average Bonchev–Trinajstić information content (AvgIpc) is 3.40. The summed E-state index contributed by atoms with van der Waals surface area (Å²) in [5.74, 6) is 0.960. The molecule has 0 bridgehead atoms. The Morgan fingerprint density at radius 3 is 2.50 bits per heavy atom. The number of hydrogen-bond donors (Lipinski definition) is 0. The summed E-state index contributed by atoms with van der Waals surface area (Å²) in [6, 6.07) is 16.2. The molecular weight excluding hydrogens is 348 g/mol. The molecule has 0 radical (unpaired) electrons. The molecule has 4 heteroatoms. The van der Waals surface area contributed by atoms with Gasteiger partial charge in [0.25, 0.3) is 5.91 Å². The van der Waals surface area contributed by atoms with Crippen molar-refractivity contribution in [1.29, 1.82) is 0 Å². The van der Waals surface area contributed by atoms with Crippen LogP contribution in [0.4, 0.5) is 0 Å². The normalized spacial score (nSPS) is 19.9. The quantitative estimate of drug-likeness (QED) is 0.752. The Morgan fingerprint density at radius 2 is 1.75 bits per heavy atom. The van der Waals surface area contributed by atoms with Gasteiger partial charge in [0, 0.05) is 24.7 Å². The Morgan fingerprint density at radius 1 is 1.00 bits per heavy atom. The van der Waals surface area contributed by atoms with E-state index in [1.54, 1.807) is 0 Å². The third-order valence-corrected chi connectivity index (χ3v) is 6.06. The van der Waals surface area contributed by atoms with Crippen molar-refractivity contribution in [3.63, 3.8) is 0 Å². The van der Waals surface area contributed by atoms with Gasteiger partial charge in [-0.2, -0.15) is 0 Å². The number of rotatable bonds is 6. The van der Waals surface area contributed by atoms with Crippen LogP contribution in [0.5, 0.6) is 5.75 Å². The molecule has 4 rings (SSSR count). The first-order valence-electron chi connectivity index (χ1n) is 10.5. The van der Waals surface area contributed by atoms with Gasteiger partial charge in [-0.1, -0.05) is 24.3 Å². The van der Waals surface area contributed by atoms with Crippen LogP contribution < -0.4 is 4.74 Å². The summed E-state index contributed by atoms with van der Waals surface area (Å²) in [6.07, 6.45) is 4.83. The summed E-state index contributed by atoms with van der Waals surface area (Å²) >= 11 is 0. The van der Waals surface area contributed by atoms with E-state index in [0.29, 0.717) is 12.6 Å². The lowest BCUT2D eigenvalue weighted by Crippen LogP contribution is -2.42. The summed E-state index contributed by atoms with van der Waals surface area (Å²) in [4.78, 5) is 17.6. The maximum absolute atomic E-state index is 13.0. The maximum atomic E-state index is 13.0. The zero-order chi connectivity index (χ0) is 19.3. The molecule has 0 aromatic heterocycles. The van der Waals surface area contributed by atoms with Gasteiger partial charge in [0.1, 0.15) is 12.4 Å². The highest BCUT2D eigenvalue weighted by atomic mass is 16.5. The van der Waals surface area contributed by atoms with Crippen molar-refractivity contribution in [3.8, 4) is 5.75 Å². The van der Waals surface area contributed by atoms with Crippen LogP contribution in [0, 0.1) is 6.92 Å². The molecule has 148 valence electrons. The molecule has 2 aliphatic rings. The SMILES string of the molecule is Cc1ccccc1COc1ccc(C(=O)N2CCC[C@H]2CN2CCCC2)cc1. The molecule has 28 heavy (non-hydrogen) atoms. The number of aryl methyl sites for hydroxylation is 1. The molecule has 0 unspecified atom stereocenters. The van der Waals surface area contributed by atoms with E-state index in [-0.39, 0.29) is 5.91 Å². The van der Waals surface area contributed by atoms with Gasteiger partial charge in [0.05, 0.1) is 0 Å². The molecule has 0 saturated carbocycles. The van der Waals surface area contributed by atoms with Gasteiger partial charge in [0.15, 0.2) is 0 Å². The standard InChI is InChI=1S/C24H30N2O2/c1-19-7-2-3-8-21(19)18-28-23-12-10-20(11-13-23)24(27)26-16-6-9-22(26)17-25-14-4-5-15-25/h2-3,7-8,10-13,22H,4-6,9,14-18H2,1H3/t22-/m0/s1. The van der Waals surface area contributed by atoms with Crippen LogP contribution in [-0.4, -0.2) is 47.9 Å². The smallest absolute Gasteiger partial charge is 0.254 e. The van der Waals surface area contributed by atoms with Gasteiger partial charge in [-0.3, -0.25) is 4.79 Å². The number of likely N-dealkylation sites (tertiary alicyclic amines) is 2. The molecule has 2 aliphatic heterocycles. The van der Waals surface area contributed by atoms with E-state index >= 15 is 0 Å². The predicted octanol–water partition coefficient (Wildman–Crippen LogP) is 4.27. The summed E-state index contributed by atoms with van der Waals surface area (Å²) in [6.45, 7) is 6.92.